The standard InChI is InChI=1S/C23H29FN4O3S/c24-21-6-8-22(9-7-21)28-17-15-27(16-18-28)14-13-25-23(29)10-12-26-32(30,31)19-11-20-4-2-1-3-5-20/h1-9,11,19,26H,10,12-18H2,(H,25,29)/b19-11+. The first-order chi connectivity index (χ1) is 15.4. The van der Waals surface area contributed by atoms with E-state index in [2.05, 4.69) is 19.8 Å². The lowest BCUT2D eigenvalue weighted by Gasteiger charge is -2.36. The molecule has 0 aromatic heterocycles. The monoisotopic (exact) mass is 460 g/mol. The van der Waals surface area contributed by atoms with Gasteiger partial charge >= 0.3 is 0 Å². The third-order valence-corrected chi connectivity index (χ3v) is 6.31. The molecule has 2 aromatic carbocycles. The number of halogens is 1. The zero-order valence-corrected chi connectivity index (χ0v) is 18.7. The van der Waals surface area contributed by atoms with Crippen molar-refractivity contribution >= 4 is 27.7 Å². The van der Waals surface area contributed by atoms with Crippen molar-refractivity contribution in [3.63, 3.8) is 0 Å². The molecule has 0 unspecified atom stereocenters. The summed E-state index contributed by atoms with van der Waals surface area (Å²) in [6.45, 7) is 4.70. The van der Waals surface area contributed by atoms with Gasteiger partial charge in [-0.15, -0.1) is 0 Å². The van der Waals surface area contributed by atoms with Gasteiger partial charge in [0.15, 0.2) is 0 Å². The fourth-order valence-electron chi connectivity index (χ4n) is 3.41. The van der Waals surface area contributed by atoms with E-state index in [1.54, 1.807) is 12.1 Å². The Labute approximate surface area is 189 Å². The summed E-state index contributed by atoms with van der Waals surface area (Å²) in [5, 5.41) is 3.94. The molecule has 7 nitrogen and oxygen atoms in total. The highest BCUT2D eigenvalue weighted by molar-refractivity contribution is 7.92. The highest BCUT2D eigenvalue weighted by atomic mass is 32.2. The smallest absolute Gasteiger partial charge is 0.233 e. The van der Waals surface area contributed by atoms with Gasteiger partial charge in [-0.25, -0.2) is 17.5 Å². The first kappa shape index (κ1) is 23.9. The number of amides is 1. The predicted molar refractivity (Wildman–Crippen MR) is 125 cm³/mol. The maximum Gasteiger partial charge on any atom is 0.233 e. The number of hydrogen-bond acceptors (Lipinski definition) is 5. The van der Waals surface area contributed by atoms with Gasteiger partial charge in [-0.1, -0.05) is 30.3 Å². The fraction of sp³-hybridized carbons (Fsp3) is 0.348. The van der Waals surface area contributed by atoms with Crippen LogP contribution in [0.5, 0.6) is 0 Å². The summed E-state index contributed by atoms with van der Waals surface area (Å²) < 4.78 is 39.5. The SMILES string of the molecule is O=C(CCNS(=O)(=O)/C=C/c1ccccc1)NCCN1CCN(c2ccc(F)cc2)CC1. The van der Waals surface area contributed by atoms with Crippen LogP contribution in [-0.4, -0.2) is 65.0 Å². The minimum absolute atomic E-state index is 0.0453. The number of rotatable bonds is 10. The highest BCUT2D eigenvalue weighted by Crippen LogP contribution is 2.16. The normalized spacial score (nSPS) is 15.2. The van der Waals surface area contributed by atoms with Crippen molar-refractivity contribution in [3.8, 4) is 0 Å². The molecule has 0 spiro atoms. The molecule has 172 valence electrons. The number of carbonyl (C=O) groups is 1. The maximum atomic E-state index is 13.1. The van der Waals surface area contributed by atoms with Crippen molar-refractivity contribution in [3.05, 3.63) is 71.4 Å². The minimum Gasteiger partial charge on any atom is -0.369 e. The summed E-state index contributed by atoms with van der Waals surface area (Å²) >= 11 is 0. The molecule has 2 aromatic rings. The minimum atomic E-state index is -3.59. The Morgan fingerprint density at radius 3 is 2.34 bits per heavy atom. The van der Waals surface area contributed by atoms with Gasteiger partial charge < -0.3 is 10.2 Å². The largest absolute Gasteiger partial charge is 0.369 e. The first-order valence-corrected chi connectivity index (χ1v) is 12.2. The average molecular weight is 461 g/mol. The molecule has 32 heavy (non-hydrogen) atoms. The van der Waals surface area contributed by atoms with Crippen LogP contribution in [0.3, 0.4) is 0 Å². The van der Waals surface area contributed by atoms with E-state index in [9.17, 15) is 17.6 Å². The van der Waals surface area contributed by atoms with E-state index in [-0.39, 0.29) is 24.7 Å². The maximum absolute atomic E-state index is 13.1. The first-order valence-electron chi connectivity index (χ1n) is 10.6. The molecule has 1 aliphatic heterocycles. The second-order valence-corrected chi connectivity index (χ2v) is 9.21. The molecule has 0 saturated carbocycles. The molecule has 1 heterocycles. The zero-order chi connectivity index (χ0) is 22.8. The van der Waals surface area contributed by atoms with Gasteiger partial charge in [-0.05, 0) is 35.9 Å². The number of nitrogens with one attached hydrogen (secondary N) is 2. The molecule has 0 radical (unpaired) electrons. The molecule has 0 atom stereocenters. The lowest BCUT2D eigenvalue weighted by atomic mass is 10.2. The van der Waals surface area contributed by atoms with Gasteiger partial charge in [0.1, 0.15) is 5.82 Å². The lowest BCUT2D eigenvalue weighted by Crippen LogP contribution is -2.48. The Balaban J connectivity index is 1.28. The second-order valence-electron chi connectivity index (χ2n) is 7.56. The molecule has 3 rings (SSSR count). The Kier molecular flexibility index (Phi) is 8.78. The number of hydrogen-bond donors (Lipinski definition) is 2. The Morgan fingerprint density at radius 2 is 1.66 bits per heavy atom. The van der Waals surface area contributed by atoms with Crippen LogP contribution in [0.25, 0.3) is 6.08 Å². The molecule has 1 amide bonds. The number of benzene rings is 2. The summed E-state index contributed by atoms with van der Waals surface area (Å²) in [4.78, 5) is 16.5. The Morgan fingerprint density at radius 1 is 0.969 bits per heavy atom. The molecule has 2 N–H and O–H groups in total. The Bertz CT molecular complexity index is 990. The van der Waals surface area contributed by atoms with Gasteiger partial charge in [0.05, 0.1) is 0 Å². The third-order valence-electron chi connectivity index (χ3n) is 5.21. The highest BCUT2D eigenvalue weighted by Gasteiger charge is 2.17. The molecule has 9 heteroatoms. The van der Waals surface area contributed by atoms with E-state index in [0.717, 1.165) is 49.4 Å². The molecule has 1 fully saturated rings. The summed E-state index contributed by atoms with van der Waals surface area (Å²) in [5.74, 6) is -0.427. The number of sulfonamides is 1. The van der Waals surface area contributed by atoms with Crippen molar-refractivity contribution in [2.24, 2.45) is 0 Å². The quantitative estimate of drug-likeness (QED) is 0.567. The van der Waals surface area contributed by atoms with Crippen LogP contribution in [-0.2, 0) is 14.8 Å². The van der Waals surface area contributed by atoms with Crippen LogP contribution in [0, 0.1) is 5.82 Å². The van der Waals surface area contributed by atoms with Gasteiger partial charge in [0.25, 0.3) is 0 Å². The molecule has 1 aliphatic rings. The van der Waals surface area contributed by atoms with Gasteiger partial charge in [0, 0.05) is 63.3 Å². The van der Waals surface area contributed by atoms with Crippen LogP contribution in [0.2, 0.25) is 0 Å². The topological polar surface area (TPSA) is 81.7 Å². The van der Waals surface area contributed by atoms with Crippen molar-refractivity contribution in [2.75, 3.05) is 50.7 Å². The van der Waals surface area contributed by atoms with E-state index < -0.39 is 10.0 Å². The predicted octanol–water partition coefficient (Wildman–Crippen LogP) is 2.04. The lowest BCUT2D eigenvalue weighted by molar-refractivity contribution is -0.120. The van der Waals surface area contributed by atoms with Crippen molar-refractivity contribution in [1.29, 1.82) is 0 Å². The van der Waals surface area contributed by atoms with Crippen LogP contribution in [0.1, 0.15) is 12.0 Å². The van der Waals surface area contributed by atoms with Gasteiger partial charge in [-0.2, -0.15) is 0 Å². The van der Waals surface area contributed by atoms with E-state index in [0.29, 0.717) is 6.54 Å². The fourth-order valence-corrected chi connectivity index (χ4v) is 4.23. The van der Waals surface area contributed by atoms with Crippen molar-refractivity contribution in [2.45, 2.75) is 6.42 Å². The summed E-state index contributed by atoms with van der Waals surface area (Å²) in [7, 11) is -3.59. The molecular formula is C23H29FN4O3S. The second kappa shape index (κ2) is 11.8. The molecular weight excluding hydrogens is 431 g/mol. The van der Waals surface area contributed by atoms with E-state index in [4.69, 9.17) is 0 Å². The number of piperazine rings is 1. The number of anilines is 1. The van der Waals surface area contributed by atoms with Crippen LogP contribution < -0.4 is 14.9 Å². The summed E-state index contributed by atoms with van der Waals surface area (Å²) in [6, 6.07) is 15.6. The van der Waals surface area contributed by atoms with Crippen LogP contribution >= 0.6 is 0 Å². The summed E-state index contributed by atoms with van der Waals surface area (Å²) in [6.07, 6.45) is 1.59. The Hall–Kier alpha value is -2.75. The molecule has 0 aliphatic carbocycles. The van der Waals surface area contributed by atoms with E-state index >= 15 is 0 Å². The average Bonchev–Trinajstić information content (AvgIpc) is 2.79. The molecule has 1 saturated heterocycles. The van der Waals surface area contributed by atoms with Crippen LogP contribution in [0.15, 0.2) is 60.0 Å². The van der Waals surface area contributed by atoms with Crippen molar-refractivity contribution < 1.29 is 17.6 Å². The van der Waals surface area contributed by atoms with Crippen molar-refractivity contribution in [1.82, 2.24) is 14.9 Å². The van der Waals surface area contributed by atoms with Crippen LogP contribution in [0.4, 0.5) is 10.1 Å². The zero-order valence-electron chi connectivity index (χ0n) is 17.9. The third kappa shape index (κ3) is 8.07. The molecule has 0 bridgehead atoms. The van der Waals surface area contributed by atoms with Gasteiger partial charge in [-0.3, -0.25) is 9.69 Å². The van der Waals surface area contributed by atoms with E-state index in [1.807, 2.05) is 30.3 Å². The number of carbonyl (C=O) groups excluding carboxylic acids is 1. The number of nitrogens with zero attached hydrogens (tertiary/aromatic N) is 2. The van der Waals surface area contributed by atoms with E-state index in [1.165, 1.54) is 18.2 Å². The summed E-state index contributed by atoms with van der Waals surface area (Å²) in [5.41, 5.74) is 1.80. The van der Waals surface area contributed by atoms with Gasteiger partial charge in [0.2, 0.25) is 15.9 Å².